The molecule has 2 rings (SSSR count). The van der Waals surface area contributed by atoms with E-state index < -0.39 is 5.97 Å². The van der Waals surface area contributed by atoms with Crippen LogP contribution in [0.2, 0.25) is 0 Å². The summed E-state index contributed by atoms with van der Waals surface area (Å²) in [4.78, 5) is 15.9. The molecule has 1 heterocycles. The van der Waals surface area contributed by atoms with Crippen LogP contribution in [-0.4, -0.2) is 37.9 Å². The lowest BCUT2D eigenvalue weighted by Crippen LogP contribution is -2.32. The molecule has 1 saturated carbocycles. The van der Waals surface area contributed by atoms with Crippen LogP contribution in [0.4, 0.5) is 0 Å². The maximum Gasteiger partial charge on any atom is 0.376 e. The van der Waals surface area contributed by atoms with Gasteiger partial charge in [-0.1, -0.05) is 0 Å². The highest BCUT2D eigenvalue weighted by Crippen LogP contribution is 2.33. The highest BCUT2D eigenvalue weighted by atomic mass is 16.5. The summed E-state index contributed by atoms with van der Waals surface area (Å²) in [6.45, 7) is 2.99. The maximum atomic E-state index is 11.6. The minimum atomic E-state index is -0.517. The molecule has 0 aromatic carbocycles. The van der Waals surface area contributed by atoms with E-state index in [1.54, 1.807) is 7.11 Å². The third-order valence-corrected chi connectivity index (χ3v) is 3.45. The van der Waals surface area contributed by atoms with Crippen LogP contribution in [0.5, 0.6) is 0 Å². The molecule has 0 radical (unpaired) electrons. The van der Waals surface area contributed by atoms with Crippen molar-refractivity contribution in [2.24, 2.45) is 5.92 Å². The van der Waals surface area contributed by atoms with Gasteiger partial charge >= 0.3 is 5.97 Å². The Morgan fingerprint density at radius 1 is 1.40 bits per heavy atom. The summed E-state index contributed by atoms with van der Waals surface area (Å²) in [6.07, 6.45) is 3.11. The number of aromatic nitrogens is 1. The molecule has 0 saturated heterocycles. The first-order chi connectivity index (χ1) is 9.67. The van der Waals surface area contributed by atoms with Gasteiger partial charge in [0, 0.05) is 20.1 Å². The van der Waals surface area contributed by atoms with Crippen LogP contribution in [0.1, 0.15) is 41.9 Å². The molecule has 0 bridgehead atoms. The lowest BCUT2D eigenvalue weighted by atomic mass is 9.80. The van der Waals surface area contributed by atoms with Crippen LogP contribution in [0, 0.1) is 5.92 Å². The van der Waals surface area contributed by atoms with Gasteiger partial charge in [0.1, 0.15) is 5.69 Å². The number of carbonyl (C=O) groups is 1. The summed E-state index contributed by atoms with van der Waals surface area (Å²) >= 11 is 0. The fourth-order valence-electron chi connectivity index (χ4n) is 2.43. The Morgan fingerprint density at radius 2 is 2.15 bits per heavy atom. The standard InChI is InChI=1S/C14H21NO5/c1-4-19-10-5-9(6-10)7-12-15-11(8-17-2)13(20-12)14(16)18-3/h9-10H,4-8H2,1-3H3. The Balaban J connectivity index is 1.97. The molecular formula is C14H21NO5. The van der Waals surface area contributed by atoms with Crippen molar-refractivity contribution in [3.05, 3.63) is 17.3 Å². The fourth-order valence-corrected chi connectivity index (χ4v) is 2.43. The predicted octanol–water partition coefficient (Wildman–Crippen LogP) is 1.97. The number of nitrogens with zero attached hydrogens (tertiary/aromatic N) is 1. The van der Waals surface area contributed by atoms with Crippen LogP contribution in [-0.2, 0) is 27.2 Å². The van der Waals surface area contributed by atoms with E-state index in [1.165, 1.54) is 7.11 Å². The molecule has 0 amide bonds. The van der Waals surface area contributed by atoms with Crippen LogP contribution < -0.4 is 0 Å². The Hall–Kier alpha value is -1.40. The van der Waals surface area contributed by atoms with Crippen molar-refractivity contribution in [3.63, 3.8) is 0 Å². The van der Waals surface area contributed by atoms with Gasteiger partial charge in [0.05, 0.1) is 19.8 Å². The van der Waals surface area contributed by atoms with Gasteiger partial charge in [0.15, 0.2) is 5.89 Å². The molecule has 0 N–H and O–H groups in total. The molecular weight excluding hydrogens is 262 g/mol. The van der Waals surface area contributed by atoms with Crippen LogP contribution >= 0.6 is 0 Å². The van der Waals surface area contributed by atoms with Gasteiger partial charge in [-0.05, 0) is 25.7 Å². The van der Waals surface area contributed by atoms with Crippen molar-refractivity contribution in [1.82, 2.24) is 4.98 Å². The van der Waals surface area contributed by atoms with E-state index in [1.807, 2.05) is 6.92 Å². The lowest BCUT2D eigenvalue weighted by Gasteiger charge is -2.34. The Labute approximate surface area is 118 Å². The van der Waals surface area contributed by atoms with Crippen LogP contribution in [0.15, 0.2) is 4.42 Å². The molecule has 0 spiro atoms. The summed E-state index contributed by atoms with van der Waals surface area (Å²) in [5.74, 6) is 0.699. The first-order valence-electron chi connectivity index (χ1n) is 6.85. The molecule has 1 fully saturated rings. The molecule has 0 unspecified atom stereocenters. The minimum absolute atomic E-state index is 0.144. The Kier molecular flexibility index (Phi) is 5.14. The number of rotatable bonds is 7. The summed E-state index contributed by atoms with van der Waals surface area (Å²) < 4.78 is 20.7. The Morgan fingerprint density at radius 3 is 2.75 bits per heavy atom. The molecule has 1 aromatic heterocycles. The zero-order valence-electron chi connectivity index (χ0n) is 12.2. The zero-order chi connectivity index (χ0) is 14.5. The molecule has 1 aliphatic rings. The molecule has 6 heteroatoms. The molecule has 1 aromatic rings. The number of methoxy groups -OCH3 is 2. The van der Waals surface area contributed by atoms with Crippen LogP contribution in [0.3, 0.4) is 0 Å². The number of carbonyl (C=O) groups excluding carboxylic acids is 1. The second kappa shape index (κ2) is 6.85. The number of esters is 1. The average molecular weight is 283 g/mol. The highest BCUT2D eigenvalue weighted by Gasteiger charge is 2.31. The quantitative estimate of drug-likeness (QED) is 0.712. The molecule has 0 atom stereocenters. The number of hydrogen-bond donors (Lipinski definition) is 0. The summed E-state index contributed by atoms with van der Waals surface area (Å²) in [5.41, 5.74) is 0.495. The van der Waals surface area contributed by atoms with E-state index >= 15 is 0 Å². The van der Waals surface area contributed by atoms with E-state index in [4.69, 9.17) is 13.9 Å². The molecule has 20 heavy (non-hydrogen) atoms. The normalized spacial score (nSPS) is 21.6. The van der Waals surface area contributed by atoms with E-state index in [2.05, 4.69) is 9.72 Å². The first-order valence-corrected chi connectivity index (χ1v) is 6.85. The summed E-state index contributed by atoms with van der Waals surface area (Å²) in [7, 11) is 2.87. The second-order valence-electron chi connectivity index (χ2n) is 4.93. The van der Waals surface area contributed by atoms with Gasteiger partial charge in [-0.25, -0.2) is 9.78 Å². The average Bonchev–Trinajstić information content (AvgIpc) is 2.79. The maximum absolute atomic E-state index is 11.6. The molecule has 1 aliphatic carbocycles. The Bertz CT molecular complexity index is 450. The van der Waals surface area contributed by atoms with E-state index in [0.717, 1.165) is 25.9 Å². The van der Waals surface area contributed by atoms with Crippen molar-refractivity contribution in [2.45, 2.75) is 38.9 Å². The van der Waals surface area contributed by atoms with E-state index in [0.29, 0.717) is 23.6 Å². The number of ether oxygens (including phenoxy) is 3. The van der Waals surface area contributed by atoms with Crippen molar-refractivity contribution in [2.75, 3.05) is 20.8 Å². The fraction of sp³-hybridized carbons (Fsp3) is 0.714. The topological polar surface area (TPSA) is 70.8 Å². The van der Waals surface area contributed by atoms with Gasteiger partial charge in [-0.3, -0.25) is 0 Å². The van der Waals surface area contributed by atoms with E-state index in [-0.39, 0.29) is 12.4 Å². The summed E-state index contributed by atoms with van der Waals surface area (Å²) in [6, 6.07) is 0. The summed E-state index contributed by atoms with van der Waals surface area (Å²) in [5, 5.41) is 0. The van der Waals surface area contributed by atoms with Crippen molar-refractivity contribution >= 4 is 5.97 Å². The molecule has 0 aliphatic heterocycles. The third kappa shape index (κ3) is 3.37. The largest absolute Gasteiger partial charge is 0.463 e. The first kappa shape index (κ1) is 15.0. The lowest BCUT2D eigenvalue weighted by molar-refractivity contribution is -0.0256. The van der Waals surface area contributed by atoms with Gasteiger partial charge in [-0.15, -0.1) is 0 Å². The highest BCUT2D eigenvalue weighted by molar-refractivity contribution is 5.87. The van der Waals surface area contributed by atoms with Crippen molar-refractivity contribution in [1.29, 1.82) is 0 Å². The smallest absolute Gasteiger partial charge is 0.376 e. The molecule has 112 valence electrons. The second-order valence-corrected chi connectivity index (χ2v) is 4.93. The van der Waals surface area contributed by atoms with Gasteiger partial charge in [0.25, 0.3) is 0 Å². The number of oxazole rings is 1. The monoisotopic (exact) mass is 283 g/mol. The van der Waals surface area contributed by atoms with Crippen LogP contribution in [0.25, 0.3) is 0 Å². The number of hydrogen-bond acceptors (Lipinski definition) is 6. The minimum Gasteiger partial charge on any atom is -0.463 e. The zero-order valence-corrected chi connectivity index (χ0v) is 12.2. The van der Waals surface area contributed by atoms with Crippen molar-refractivity contribution < 1.29 is 23.4 Å². The van der Waals surface area contributed by atoms with E-state index in [9.17, 15) is 4.79 Å². The van der Waals surface area contributed by atoms with Crippen molar-refractivity contribution in [3.8, 4) is 0 Å². The SMILES string of the molecule is CCOC1CC(Cc2nc(COC)c(C(=O)OC)o2)C1. The molecule has 6 nitrogen and oxygen atoms in total. The predicted molar refractivity (Wildman–Crippen MR) is 70.4 cm³/mol. The van der Waals surface area contributed by atoms with Gasteiger partial charge in [0.2, 0.25) is 5.76 Å². The van der Waals surface area contributed by atoms with Gasteiger partial charge < -0.3 is 18.6 Å². The third-order valence-electron chi connectivity index (χ3n) is 3.45. The van der Waals surface area contributed by atoms with Gasteiger partial charge in [-0.2, -0.15) is 0 Å².